The second kappa shape index (κ2) is 4.81. The molecule has 1 aliphatic rings. The molecule has 1 N–H and O–H groups in total. The molecule has 0 aromatic rings. The van der Waals surface area contributed by atoms with Crippen molar-refractivity contribution in [1.82, 2.24) is 4.90 Å². The summed E-state index contributed by atoms with van der Waals surface area (Å²) in [6.07, 6.45) is 1.08. The number of hydrogen-bond acceptors (Lipinski definition) is 4. The Morgan fingerprint density at radius 3 is 2.73 bits per heavy atom. The van der Waals surface area contributed by atoms with Crippen molar-refractivity contribution in [2.45, 2.75) is 18.4 Å². The predicted molar refractivity (Wildman–Crippen MR) is 53.5 cm³/mol. The van der Waals surface area contributed by atoms with Crippen LogP contribution in [0.2, 0.25) is 0 Å². The Bertz CT molecular complexity index is 271. The number of aliphatic hydroxyl groups excluding tert-OH is 1. The van der Waals surface area contributed by atoms with Gasteiger partial charge in [0.2, 0.25) is 5.91 Å². The zero-order valence-electron chi connectivity index (χ0n) is 8.53. The van der Waals surface area contributed by atoms with Crippen LogP contribution < -0.4 is 0 Å². The number of rotatable bonds is 3. The van der Waals surface area contributed by atoms with E-state index in [-0.39, 0.29) is 11.8 Å². The third-order valence-corrected chi connectivity index (χ3v) is 2.96. The summed E-state index contributed by atoms with van der Waals surface area (Å²) in [6, 6.07) is 0. The summed E-state index contributed by atoms with van der Waals surface area (Å²) in [5.41, 5.74) is -1.22. The third kappa shape index (κ3) is 1.94. The Balaban J connectivity index is 2.96. The standard InChI is InChI=1S/C9H14ClNO4/c1-15-8(14)9(6-12)3-2-4-11(9)7(13)5-10/h12H,2-6H2,1H3. The largest absolute Gasteiger partial charge is 0.467 e. The Hall–Kier alpha value is -0.810. The Labute approximate surface area is 92.9 Å². The third-order valence-electron chi connectivity index (χ3n) is 2.73. The first-order valence-corrected chi connectivity index (χ1v) is 5.21. The summed E-state index contributed by atoms with van der Waals surface area (Å²) in [6.45, 7) is 0.00349. The molecule has 1 aliphatic heterocycles. The summed E-state index contributed by atoms with van der Waals surface area (Å²) in [7, 11) is 1.24. The van der Waals surface area contributed by atoms with Crippen LogP contribution in [0, 0.1) is 0 Å². The van der Waals surface area contributed by atoms with E-state index >= 15 is 0 Å². The molecule has 0 saturated carbocycles. The van der Waals surface area contributed by atoms with Gasteiger partial charge >= 0.3 is 5.97 Å². The van der Waals surface area contributed by atoms with Gasteiger partial charge in [-0.25, -0.2) is 4.79 Å². The maximum absolute atomic E-state index is 11.6. The Kier molecular flexibility index (Phi) is 3.93. The molecule has 1 fully saturated rings. The van der Waals surface area contributed by atoms with Crippen LogP contribution in [0.25, 0.3) is 0 Å². The molecule has 0 bridgehead atoms. The quantitative estimate of drug-likeness (QED) is 0.541. The Morgan fingerprint density at radius 2 is 2.27 bits per heavy atom. The molecule has 1 saturated heterocycles. The fourth-order valence-corrected chi connectivity index (χ4v) is 2.09. The SMILES string of the molecule is COC(=O)C1(CO)CCCN1C(=O)CCl. The van der Waals surface area contributed by atoms with E-state index in [1.165, 1.54) is 12.0 Å². The van der Waals surface area contributed by atoms with Crippen molar-refractivity contribution in [1.29, 1.82) is 0 Å². The summed E-state index contributed by atoms with van der Waals surface area (Å²) in [4.78, 5) is 24.4. The molecule has 0 radical (unpaired) electrons. The molecule has 1 atom stereocenters. The zero-order valence-corrected chi connectivity index (χ0v) is 9.29. The number of carbonyl (C=O) groups is 2. The van der Waals surface area contributed by atoms with Crippen molar-refractivity contribution in [3.8, 4) is 0 Å². The number of esters is 1. The maximum atomic E-state index is 11.6. The second-order valence-electron chi connectivity index (χ2n) is 3.46. The van der Waals surface area contributed by atoms with E-state index in [4.69, 9.17) is 11.6 Å². The van der Waals surface area contributed by atoms with Crippen molar-refractivity contribution in [3.63, 3.8) is 0 Å². The van der Waals surface area contributed by atoms with Crippen molar-refractivity contribution in [2.75, 3.05) is 26.1 Å². The van der Waals surface area contributed by atoms with Crippen molar-refractivity contribution in [3.05, 3.63) is 0 Å². The molecule has 1 heterocycles. The number of ether oxygens (including phenoxy) is 1. The fourth-order valence-electron chi connectivity index (χ4n) is 1.95. The molecule has 0 spiro atoms. The van der Waals surface area contributed by atoms with Crippen LogP contribution in [0.4, 0.5) is 0 Å². The van der Waals surface area contributed by atoms with Crippen LogP contribution in [-0.2, 0) is 14.3 Å². The molecule has 1 unspecified atom stereocenters. The van der Waals surface area contributed by atoms with Crippen LogP contribution in [0.1, 0.15) is 12.8 Å². The molecule has 86 valence electrons. The Morgan fingerprint density at radius 1 is 1.60 bits per heavy atom. The monoisotopic (exact) mass is 235 g/mol. The smallest absolute Gasteiger partial charge is 0.334 e. The number of hydrogen-bond donors (Lipinski definition) is 1. The molecule has 6 heteroatoms. The van der Waals surface area contributed by atoms with Gasteiger partial charge in [0, 0.05) is 6.54 Å². The van der Waals surface area contributed by atoms with Crippen molar-refractivity contribution >= 4 is 23.5 Å². The fraction of sp³-hybridized carbons (Fsp3) is 0.778. The van der Waals surface area contributed by atoms with Crippen LogP contribution in [-0.4, -0.2) is 53.6 Å². The van der Waals surface area contributed by atoms with Gasteiger partial charge in [0.1, 0.15) is 5.88 Å². The first-order chi connectivity index (χ1) is 7.12. The van der Waals surface area contributed by atoms with E-state index in [0.717, 1.165) is 0 Å². The number of likely N-dealkylation sites (tertiary alicyclic amines) is 1. The average molecular weight is 236 g/mol. The number of aliphatic hydroxyl groups is 1. The van der Waals surface area contributed by atoms with Gasteiger partial charge in [-0.05, 0) is 12.8 Å². The molecule has 5 nitrogen and oxygen atoms in total. The highest BCUT2D eigenvalue weighted by atomic mass is 35.5. The molecular weight excluding hydrogens is 222 g/mol. The van der Waals surface area contributed by atoms with Gasteiger partial charge < -0.3 is 14.7 Å². The first kappa shape index (κ1) is 12.3. The lowest BCUT2D eigenvalue weighted by molar-refractivity contribution is -0.161. The van der Waals surface area contributed by atoms with E-state index in [1.807, 2.05) is 0 Å². The molecule has 0 aromatic heterocycles. The lowest BCUT2D eigenvalue weighted by atomic mass is 9.97. The second-order valence-corrected chi connectivity index (χ2v) is 3.73. The van der Waals surface area contributed by atoms with Crippen LogP contribution >= 0.6 is 11.6 Å². The normalized spacial score (nSPS) is 25.4. The molecule has 1 rings (SSSR count). The van der Waals surface area contributed by atoms with Gasteiger partial charge in [0.05, 0.1) is 13.7 Å². The topological polar surface area (TPSA) is 66.8 Å². The van der Waals surface area contributed by atoms with E-state index in [9.17, 15) is 14.7 Å². The van der Waals surface area contributed by atoms with Crippen molar-refractivity contribution < 1.29 is 19.4 Å². The lowest BCUT2D eigenvalue weighted by Gasteiger charge is -2.33. The summed E-state index contributed by atoms with van der Waals surface area (Å²) in [5, 5.41) is 9.30. The van der Waals surface area contributed by atoms with Gasteiger partial charge in [0.25, 0.3) is 0 Å². The number of halogens is 1. The predicted octanol–water partition coefficient (Wildman–Crippen LogP) is -0.248. The van der Waals surface area contributed by atoms with E-state index in [2.05, 4.69) is 4.74 Å². The van der Waals surface area contributed by atoms with Gasteiger partial charge in [0.15, 0.2) is 5.54 Å². The van der Waals surface area contributed by atoms with E-state index in [0.29, 0.717) is 19.4 Å². The average Bonchev–Trinajstić information content (AvgIpc) is 2.71. The van der Waals surface area contributed by atoms with Crippen LogP contribution in [0.15, 0.2) is 0 Å². The summed E-state index contributed by atoms with van der Waals surface area (Å²) < 4.78 is 4.62. The minimum absolute atomic E-state index is 0.196. The van der Waals surface area contributed by atoms with Crippen LogP contribution in [0.3, 0.4) is 0 Å². The number of nitrogens with zero attached hydrogens (tertiary/aromatic N) is 1. The highest BCUT2D eigenvalue weighted by Crippen LogP contribution is 2.30. The summed E-state index contributed by atoms with van der Waals surface area (Å²) >= 11 is 5.44. The number of alkyl halides is 1. The molecular formula is C9H14ClNO4. The minimum Gasteiger partial charge on any atom is -0.467 e. The number of carbonyl (C=O) groups excluding carboxylic acids is 2. The highest BCUT2D eigenvalue weighted by Gasteiger charge is 2.50. The number of amides is 1. The highest BCUT2D eigenvalue weighted by molar-refractivity contribution is 6.27. The molecule has 15 heavy (non-hydrogen) atoms. The molecule has 1 amide bonds. The van der Waals surface area contributed by atoms with Gasteiger partial charge in [-0.1, -0.05) is 0 Å². The zero-order chi connectivity index (χ0) is 11.5. The maximum Gasteiger partial charge on any atom is 0.334 e. The van der Waals surface area contributed by atoms with Gasteiger partial charge in [-0.2, -0.15) is 0 Å². The first-order valence-electron chi connectivity index (χ1n) is 4.68. The van der Waals surface area contributed by atoms with E-state index in [1.54, 1.807) is 0 Å². The minimum atomic E-state index is -1.22. The summed E-state index contributed by atoms with van der Waals surface area (Å²) in [5.74, 6) is -1.13. The van der Waals surface area contributed by atoms with E-state index < -0.39 is 18.1 Å². The molecule has 0 aromatic carbocycles. The van der Waals surface area contributed by atoms with Gasteiger partial charge in [-0.3, -0.25) is 4.79 Å². The van der Waals surface area contributed by atoms with Crippen molar-refractivity contribution in [2.24, 2.45) is 0 Å². The number of methoxy groups -OCH3 is 1. The van der Waals surface area contributed by atoms with Gasteiger partial charge in [-0.15, -0.1) is 11.6 Å². The van der Waals surface area contributed by atoms with Crippen LogP contribution in [0.5, 0.6) is 0 Å². The lowest BCUT2D eigenvalue weighted by Crippen LogP contribution is -2.56. The molecule has 0 aliphatic carbocycles.